The number of carboxylic acid groups (broad SMARTS) is 1. The summed E-state index contributed by atoms with van der Waals surface area (Å²) >= 11 is 0. The lowest BCUT2D eigenvalue weighted by molar-refractivity contribution is -0.137. The predicted octanol–water partition coefficient (Wildman–Crippen LogP) is 4.58. The third-order valence-electron chi connectivity index (χ3n) is 4.33. The minimum absolute atomic E-state index is 0.0336. The average Bonchev–Trinajstić information content (AvgIpc) is 2.41. The molecule has 0 fully saturated rings. The van der Waals surface area contributed by atoms with Gasteiger partial charge in [-0.1, -0.05) is 39.3 Å². The van der Waals surface area contributed by atoms with Crippen molar-refractivity contribution in [3.05, 3.63) is 28.8 Å². The quantitative estimate of drug-likeness (QED) is 0.690. The Kier molecular flexibility index (Phi) is 6.25. The first-order valence-corrected chi connectivity index (χ1v) is 7.82. The summed E-state index contributed by atoms with van der Waals surface area (Å²) in [5, 5.41) is 18.9. The Hall–Kier alpha value is -1.51. The molecule has 21 heavy (non-hydrogen) atoms. The third kappa shape index (κ3) is 5.07. The van der Waals surface area contributed by atoms with E-state index in [0.717, 1.165) is 43.2 Å². The van der Waals surface area contributed by atoms with Gasteiger partial charge in [-0.15, -0.1) is 0 Å². The van der Waals surface area contributed by atoms with Crippen LogP contribution in [0.3, 0.4) is 0 Å². The van der Waals surface area contributed by atoms with Crippen LogP contribution in [0.15, 0.2) is 12.1 Å². The maximum Gasteiger partial charge on any atom is 0.303 e. The molecule has 0 heterocycles. The molecular weight excluding hydrogens is 264 g/mol. The van der Waals surface area contributed by atoms with E-state index in [0.29, 0.717) is 5.75 Å². The Morgan fingerprint density at radius 1 is 1.19 bits per heavy atom. The van der Waals surface area contributed by atoms with E-state index in [1.165, 1.54) is 5.56 Å². The SMILES string of the molecule is CCC(C)(C)c1cc(CCCCCC(=O)O)cc(C)c1O. The van der Waals surface area contributed by atoms with Crippen molar-refractivity contribution in [2.24, 2.45) is 0 Å². The first-order chi connectivity index (χ1) is 9.77. The highest BCUT2D eigenvalue weighted by molar-refractivity contribution is 5.66. The zero-order valence-electron chi connectivity index (χ0n) is 13.7. The van der Waals surface area contributed by atoms with Gasteiger partial charge in [0.1, 0.15) is 5.75 Å². The van der Waals surface area contributed by atoms with Crippen LogP contribution in [-0.4, -0.2) is 16.2 Å². The number of phenols is 1. The van der Waals surface area contributed by atoms with Gasteiger partial charge in [0.2, 0.25) is 0 Å². The van der Waals surface area contributed by atoms with Gasteiger partial charge >= 0.3 is 5.97 Å². The summed E-state index contributed by atoms with van der Waals surface area (Å²) in [4.78, 5) is 10.5. The fourth-order valence-corrected chi connectivity index (χ4v) is 2.49. The van der Waals surface area contributed by atoms with E-state index in [-0.39, 0.29) is 11.8 Å². The molecule has 3 heteroatoms. The Labute approximate surface area is 128 Å². The van der Waals surface area contributed by atoms with E-state index in [1.54, 1.807) is 0 Å². The van der Waals surface area contributed by atoms with Crippen molar-refractivity contribution in [2.75, 3.05) is 0 Å². The van der Waals surface area contributed by atoms with Crippen molar-refractivity contribution >= 4 is 5.97 Å². The van der Waals surface area contributed by atoms with Gasteiger partial charge in [-0.25, -0.2) is 0 Å². The highest BCUT2D eigenvalue weighted by atomic mass is 16.4. The zero-order valence-corrected chi connectivity index (χ0v) is 13.7. The summed E-state index contributed by atoms with van der Waals surface area (Å²) in [6, 6.07) is 4.16. The number of aryl methyl sites for hydroxylation is 2. The van der Waals surface area contributed by atoms with Gasteiger partial charge in [0, 0.05) is 12.0 Å². The molecule has 1 rings (SSSR count). The second-order valence-electron chi connectivity index (χ2n) is 6.50. The molecule has 0 aromatic heterocycles. The van der Waals surface area contributed by atoms with Gasteiger partial charge in [-0.2, -0.15) is 0 Å². The number of aromatic hydroxyl groups is 1. The fourth-order valence-electron chi connectivity index (χ4n) is 2.49. The number of rotatable bonds is 8. The summed E-state index contributed by atoms with van der Waals surface area (Å²) in [7, 11) is 0. The highest BCUT2D eigenvalue weighted by Crippen LogP contribution is 2.36. The van der Waals surface area contributed by atoms with Crippen LogP contribution < -0.4 is 0 Å². The topological polar surface area (TPSA) is 57.5 Å². The van der Waals surface area contributed by atoms with Crippen LogP contribution in [0.1, 0.15) is 69.6 Å². The largest absolute Gasteiger partial charge is 0.507 e. The van der Waals surface area contributed by atoms with Gasteiger partial charge in [0.15, 0.2) is 0 Å². The molecular formula is C18H28O3. The Morgan fingerprint density at radius 3 is 2.43 bits per heavy atom. The number of aliphatic carboxylic acids is 1. The molecule has 3 nitrogen and oxygen atoms in total. The van der Waals surface area contributed by atoms with E-state index < -0.39 is 5.97 Å². The lowest BCUT2D eigenvalue weighted by Crippen LogP contribution is -2.16. The Bertz CT molecular complexity index is 489. The number of phenolic OH excluding ortho intramolecular Hbond substituents is 1. The van der Waals surface area contributed by atoms with Gasteiger partial charge in [-0.3, -0.25) is 4.79 Å². The van der Waals surface area contributed by atoms with Crippen LogP contribution in [0.25, 0.3) is 0 Å². The van der Waals surface area contributed by atoms with Crippen LogP contribution >= 0.6 is 0 Å². The summed E-state index contributed by atoms with van der Waals surface area (Å²) in [5.74, 6) is -0.307. The number of hydrogen-bond acceptors (Lipinski definition) is 2. The van der Waals surface area contributed by atoms with Gasteiger partial charge in [0.25, 0.3) is 0 Å². The van der Waals surface area contributed by atoms with Crippen molar-refractivity contribution in [1.82, 2.24) is 0 Å². The second-order valence-corrected chi connectivity index (χ2v) is 6.50. The molecule has 0 saturated heterocycles. The average molecular weight is 292 g/mol. The van der Waals surface area contributed by atoms with Crippen LogP contribution in [0.2, 0.25) is 0 Å². The first-order valence-electron chi connectivity index (χ1n) is 7.82. The lowest BCUT2D eigenvalue weighted by atomic mass is 9.80. The molecule has 0 unspecified atom stereocenters. The van der Waals surface area contributed by atoms with Crippen LogP contribution in [0.5, 0.6) is 5.75 Å². The number of benzene rings is 1. The summed E-state index contributed by atoms with van der Waals surface area (Å²) in [6.07, 6.45) is 4.82. The molecule has 0 aliphatic heterocycles. The predicted molar refractivity (Wildman–Crippen MR) is 86.0 cm³/mol. The molecule has 0 amide bonds. The van der Waals surface area contributed by atoms with Gasteiger partial charge < -0.3 is 10.2 Å². The third-order valence-corrected chi connectivity index (χ3v) is 4.33. The molecule has 0 atom stereocenters. The molecule has 0 bridgehead atoms. The molecule has 1 aromatic rings. The number of carboxylic acids is 1. The Balaban J connectivity index is 2.74. The smallest absolute Gasteiger partial charge is 0.303 e. The Morgan fingerprint density at radius 2 is 1.86 bits per heavy atom. The molecule has 1 aromatic carbocycles. The molecule has 0 aliphatic rings. The van der Waals surface area contributed by atoms with Crippen molar-refractivity contribution in [3.63, 3.8) is 0 Å². The number of carbonyl (C=O) groups is 1. The van der Waals surface area contributed by atoms with E-state index in [4.69, 9.17) is 5.11 Å². The molecule has 0 radical (unpaired) electrons. The maximum atomic E-state index is 10.5. The van der Waals surface area contributed by atoms with Crippen molar-refractivity contribution in [3.8, 4) is 5.75 Å². The van der Waals surface area contributed by atoms with E-state index in [9.17, 15) is 9.90 Å². The first kappa shape index (κ1) is 17.5. The van der Waals surface area contributed by atoms with Crippen molar-refractivity contribution in [2.45, 2.75) is 71.6 Å². The highest BCUT2D eigenvalue weighted by Gasteiger charge is 2.23. The number of unbranched alkanes of at least 4 members (excludes halogenated alkanes) is 2. The lowest BCUT2D eigenvalue weighted by Gasteiger charge is -2.26. The standard InChI is InChI=1S/C18H28O3/c1-5-18(3,4)15-12-14(11-13(2)17(15)21)9-7-6-8-10-16(19)20/h11-12,21H,5-10H2,1-4H3,(H,19,20). The fraction of sp³-hybridized carbons (Fsp3) is 0.611. The van der Waals surface area contributed by atoms with Gasteiger partial charge in [0.05, 0.1) is 0 Å². The molecule has 0 saturated carbocycles. The molecule has 0 spiro atoms. The minimum Gasteiger partial charge on any atom is -0.507 e. The molecule has 118 valence electrons. The van der Waals surface area contributed by atoms with Crippen molar-refractivity contribution in [1.29, 1.82) is 0 Å². The molecule has 2 N–H and O–H groups in total. The summed E-state index contributed by atoms with van der Waals surface area (Å²) < 4.78 is 0. The second kappa shape index (κ2) is 7.48. The van der Waals surface area contributed by atoms with Crippen LogP contribution in [0, 0.1) is 6.92 Å². The van der Waals surface area contributed by atoms with E-state index in [2.05, 4.69) is 26.8 Å². The van der Waals surface area contributed by atoms with Gasteiger partial charge in [-0.05, 0) is 49.1 Å². The van der Waals surface area contributed by atoms with Crippen LogP contribution in [-0.2, 0) is 16.6 Å². The maximum absolute atomic E-state index is 10.5. The van der Waals surface area contributed by atoms with Crippen LogP contribution in [0.4, 0.5) is 0 Å². The zero-order chi connectivity index (χ0) is 16.0. The molecule has 0 aliphatic carbocycles. The van der Waals surface area contributed by atoms with E-state index in [1.807, 2.05) is 13.0 Å². The van der Waals surface area contributed by atoms with E-state index >= 15 is 0 Å². The minimum atomic E-state index is -0.720. The van der Waals surface area contributed by atoms with Crippen molar-refractivity contribution < 1.29 is 15.0 Å². The summed E-state index contributed by atoms with van der Waals surface area (Å²) in [6.45, 7) is 8.38. The monoisotopic (exact) mass is 292 g/mol. The normalized spacial score (nSPS) is 11.6. The number of hydrogen-bond donors (Lipinski definition) is 2. The summed E-state index contributed by atoms with van der Waals surface area (Å²) in [5.41, 5.74) is 3.14.